The molecule has 0 N–H and O–H groups in total. The van der Waals surface area contributed by atoms with Crippen LogP contribution >= 0.6 is 0 Å². The third kappa shape index (κ3) is 2.67. The van der Waals surface area contributed by atoms with E-state index in [4.69, 9.17) is 14.2 Å². The monoisotopic (exact) mass is 352 g/mol. The van der Waals surface area contributed by atoms with Crippen LogP contribution in [0.25, 0.3) is 11.0 Å². The summed E-state index contributed by atoms with van der Waals surface area (Å²) in [7, 11) is 0. The number of fused-ring (bicyclic) bond motifs is 2. The van der Waals surface area contributed by atoms with Gasteiger partial charge in [0.1, 0.15) is 11.4 Å². The number of hydrogen-bond donors (Lipinski definition) is 0. The van der Waals surface area contributed by atoms with E-state index in [0.29, 0.717) is 46.1 Å². The molecule has 26 heavy (non-hydrogen) atoms. The predicted molar refractivity (Wildman–Crippen MR) is 93.9 cm³/mol. The Balaban J connectivity index is 1.67. The summed E-state index contributed by atoms with van der Waals surface area (Å²) in [5, 5.41) is 0. The lowest BCUT2D eigenvalue weighted by molar-refractivity contribution is 0.0734. The van der Waals surface area contributed by atoms with Gasteiger partial charge in [-0.15, -0.1) is 0 Å². The van der Waals surface area contributed by atoms with Crippen LogP contribution in [0, 0.1) is 6.92 Å². The summed E-state index contributed by atoms with van der Waals surface area (Å²) in [4.78, 5) is 28.9. The summed E-state index contributed by atoms with van der Waals surface area (Å²) in [5.41, 5.74) is 1.87. The maximum atomic E-state index is 12.5. The average molecular weight is 352 g/mol. The first-order valence-corrected chi connectivity index (χ1v) is 8.20. The second-order valence-electron chi connectivity index (χ2n) is 5.85. The van der Waals surface area contributed by atoms with Gasteiger partial charge in [0, 0.05) is 12.6 Å². The minimum absolute atomic E-state index is 0.129. The predicted octanol–water partition coefficient (Wildman–Crippen LogP) is 2.67. The molecule has 1 aliphatic rings. The van der Waals surface area contributed by atoms with Gasteiger partial charge in [0.05, 0.1) is 16.6 Å². The number of carbonyl (C=O) groups is 1. The molecule has 7 heteroatoms. The number of esters is 1. The Kier molecular flexibility index (Phi) is 3.84. The van der Waals surface area contributed by atoms with Crippen molar-refractivity contribution < 1.29 is 19.0 Å². The second-order valence-corrected chi connectivity index (χ2v) is 5.85. The van der Waals surface area contributed by atoms with Gasteiger partial charge in [0.15, 0.2) is 11.5 Å². The molecule has 0 bridgehead atoms. The second kappa shape index (κ2) is 6.18. The Labute approximate surface area is 148 Å². The Hall–Kier alpha value is -3.35. The van der Waals surface area contributed by atoms with Crippen molar-refractivity contribution in [3.63, 3.8) is 0 Å². The molecule has 1 aliphatic heterocycles. The molecule has 2 heterocycles. The van der Waals surface area contributed by atoms with Crippen LogP contribution in [-0.4, -0.2) is 22.3 Å². The zero-order chi connectivity index (χ0) is 18.3. The first-order chi connectivity index (χ1) is 12.6. The van der Waals surface area contributed by atoms with Gasteiger partial charge in [-0.25, -0.2) is 9.78 Å². The number of ether oxygens (including phenoxy) is 3. The molecule has 0 radical (unpaired) electrons. The van der Waals surface area contributed by atoms with Gasteiger partial charge in [0.25, 0.3) is 5.56 Å². The molecule has 0 amide bonds. The Bertz CT molecular complexity index is 1090. The molecular weight excluding hydrogens is 336 g/mol. The van der Waals surface area contributed by atoms with E-state index in [1.54, 1.807) is 47.9 Å². The summed E-state index contributed by atoms with van der Waals surface area (Å²) in [6.45, 7) is 4.23. The molecule has 0 saturated heterocycles. The fourth-order valence-electron chi connectivity index (χ4n) is 2.92. The summed E-state index contributed by atoms with van der Waals surface area (Å²) in [6.07, 6.45) is 0. The van der Waals surface area contributed by atoms with Crippen molar-refractivity contribution in [2.75, 3.05) is 6.79 Å². The topological polar surface area (TPSA) is 79.7 Å². The van der Waals surface area contributed by atoms with E-state index in [0.717, 1.165) is 0 Å². The standard InChI is InChI=1S/C19H16N2O5/c1-3-21-15-6-4-12(8-14(15)20-11(2)18(21)22)19(23)26-13-5-7-16-17(9-13)25-10-24-16/h4-9H,3,10H2,1-2H3. The summed E-state index contributed by atoms with van der Waals surface area (Å²) in [5.74, 6) is 1.01. The molecule has 3 aromatic rings. The Morgan fingerprint density at radius 1 is 1.19 bits per heavy atom. The van der Waals surface area contributed by atoms with Gasteiger partial charge in [-0.1, -0.05) is 0 Å². The quantitative estimate of drug-likeness (QED) is 0.533. The van der Waals surface area contributed by atoms with Crippen LogP contribution in [0.1, 0.15) is 23.0 Å². The maximum Gasteiger partial charge on any atom is 0.343 e. The number of hydrogen-bond acceptors (Lipinski definition) is 6. The fraction of sp³-hybridized carbons (Fsp3) is 0.211. The van der Waals surface area contributed by atoms with Gasteiger partial charge >= 0.3 is 5.97 Å². The summed E-state index contributed by atoms with van der Waals surface area (Å²) < 4.78 is 17.6. The molecular formula is C19H16N2O5. The highest BCUT2D eigenvalue weighted by Crippen LogP contribution is 2.35. The van der Waals surface area contributed by atoms with Gasteiger partial charge in [-0.3, -0.25) is 4.79 Å². The molecule has 7 nitrogen and oxygen atoms in total. The molecule has 0 atom stereocenters. The van der Waals surface area contributed by atoms with Gasteiger partial charge in [-0.2, -0.15) is 0 Å². The molecule has 1 aromatic heterocycles. The highest BCUT2D eigenvalue weighted by Gasteiger charge is 2.17. The van der Waals surface area contributed by atoms with Gasteiger partial charge in [0.2, 0.25) is 6.79 Å². The van der Waals surface area contributed by atoms with Crippen LogP contribution in [-0.2, 0) is 6.54 Å². The summed E-state index contributed by atoms with van der Waals surface area (Å²) >= 11 is 0. The van der Waals surface area contributed by atoms with Gasteiger partial charge in [-0.05, 0) is 44.2 Å². The van der Waals surface area contributed by atoms with Crippen LogP contribution in [0.3, 0.4) is 0 Å². The molecule has 0 spiro atoms. The van der Waals surface area contributed by atoms with E-state index in [-0.39, 0.29) is 12.4 Å². The van der Waals surface area contributed by atoms with Crippen LogP contribution < -0.4 is 19.8 Å². The fourth-order valence-corrected chi connectivity index (χ4v) is 2.92. The number of aryl methyl sites for hydroxylation is 2. The van der Waals surface area contributed by atoms with E-state index in [2.05, 4.69) is 4.98 Å². The lowest BCUT2D eigenvalue weighted by atomic mass is 10.2. The SMILES string of the molecule is CCn1c(=O)c(C)nc2cc(C(=O)Oc3ccc4c(c3)OCO4)ccc21. The number of nitrogens with zero attached hydrogens (tertiary/aromatic N) is 2. The van der Waals surface area contributed by atoms with E-state index in [1.807, 2.05) is 6.92 Å². The number of benzene rings is 2. The highest BCUT2D eigenvalue weighted by atomic mass is 16.7. The largest absolute Gasteiger partial charge is 0.454 e. The zero-order valence-electron chi connectivity index (χ0n) is 14.3. The number of aromatic nitrogens is 2. The van der Waals surface area contributed by atoms with E-state index in [1.165, 1.54) is 0 Å². The van der Waals surface area contributed by atoms with E-state index in [9.17, 15) is 9.59 Å². The molecule has 0 aliphatic carbocycles. The third-order valence-corrected chi connectivity index (χ3v) is 4.22. The van der Waals surface area contributed by atoms with Crippen LogP contribution in [0.15, 0.2) is 41.2 Å². The van der Waals surface area contributed by atoms with Crippen LogP contribution in [0.2, 0.25) is 0 Å². The lowest BCUT2D eigenvalue weighted by Crippen LogP contribution is -2.23. The molecule has 0 saturated carbocycles. The first-order valence-electron chi connectivity index (χ1n) is 8.20. The first kappa shape index (κ1) is 16.1. The molecule has 4 rings (SSSR count). The summed E-state index contributed by atoms with van der Waals surface area (Å²) in [6, 6.07) is 9.91. The van der Waals surface area contributed by atoms with Crippen molar-refractivity contribution in [1.82, 2.24) is 9.55 Å². The molecule has 132 valence electrons. The van der Waals surface area contributed by atoms with Crippen molar-refractivity contribution >= 4 is 17.0 Å². The lowest BCUT2D eigenvalue weighted by Gasteiger charge is -2.10. The smallest absolute Gasteiger partial charge is 0.343 e. The average Bonchev–Trinajstić information content (AvgIpc) is 3.10. The van der Waals surface area contributed by atoms with Crippen molar-refractivity contribution in [2.45, 2.75) is 20.4 Å². The van der Waals surface area contributed by atoms with Gasteiger partial charge < -0.3 is 18.8 Å². The van der Waals surface area contributed by atoms with Crippen molar-refractivity contribution in [3.05, 3.63) is 58.0 Å². The Morgan fingerprint density at radius 2 is 2.00 bits per heavy atom. The highest BCUT2D eigenvalue weighted by molar-refractivity contribution is 5.94. The van der Waals surface area contributed by atoms with Crippen molar-refractivity contribution in [1.29, 1.82) is 0 Å². The third-order valence-electron chi connectivity index (χ3n) is 4.22. The van der Waals surface area contributed by atoms with Crippen LogP contribution in [0.5, 0.6) is 17.2 Å². The van der Waals surface area contributed by atoms with Crippen molar-refractivity contribution in [2.24, 2.45) is 0 Å². The van der Waals surface area contributed by atoms with E-state index < -0.39 is 5.97 Å². The maximum absolute atomic E-state index is 12.5. The van der Waals surface area contributed by atoms with Crippen molar-refractivity contribution in [3.8, 4) is 17.2 Å². The minimum atomic E-state index is -0.514. The molecule has 0 unspecified atom stereocenters. The Morgan fingerprint density at radius 3 is 2.81 bits per heavy atom. The molecule has 2 aromatic carbocycles. The normalized spacial score (nSPS) is 12.4. The zero-order valence-corrected chi connectivity index (χ0v) is 14.3. The number of carbonyl (C=O) groups excluding carboxylic acids is 1. The van der Waals surface area contributed by atoms with Crippen LogP contribution in [0.4, 0.5) is 0 Å². The number of rotatable bonds is 3. The molecule has 0 fully saturated rings. The minimum Gasteiger partial charge on any atom is -0.454 e. The van der Waals surface area contributed by atoms with E-state index >= 15 is 0 Å².